The Labute approximate surface area is 94.3 Å². The molecule has 1 heterocycles. The minimum Gasteiger partial charge on any atom is -0.256 e. The maximum atomic E-state index is 13.4. The second-order valence-electron chi connectivity index (χ2n) is 3.64. The summed E-state index contributed by atoms with van der Waals surface area (Å²) in [4.78, 5) is 4.25. The molecular formula is C14H12FN. The quantitative estimate of drug-likeness (QED) is 0.738. The molecule has 0 fully saturated rings. The molecule has 0 radical (unpaired) electrons. The van der Waals surface area contributed by atoms with E-state index in [1.807, 2.05) is 18.2 Å². The lowest BCUT2D eigenvalue weighted by Crippen LogP contribution is -1.87. The van der Waals surface area contributed by atoms with Crippen LogP contribution in [0.2, 0.25) is 0 Å². The van der Waals surface area contributed by atoms with Gasteiger partial charge in [-0.15, -0.1) is 0 Å². The summed E-state index contributed by atoms with van der Waals surface area (Å²) in [7, 11) is 0. The van der Waals surface area contributed by atoms with Crippen LogP contribution in [-0.2, 0) is 0 Å². The average molecular weight is 213 g/mol. The molecule has 0 saturated heterocycles. The number of nitrogens with zero attached hydrogens (tertiary/aromatic N) is 1. The zero-order valence-corrected chi connectivity index (χ0v) is 9.07. The molecule has 0 amide bonds. The molecule has 2 aromatic rings. The number of aromatic nitrogens is 1. The van der Waals surface area contributed by atoms with Crippen LogP contribution >= 0.6 is 0 Å². The van der Waals surface area contributed by atoms with Gasteiger partial charge < -0.3 is 0 Å². The van der Waals surface area contributed by atoms with Gasteiger partial charge in [0.15, 0.2) is 0 Å². The van der Waals surface area contributed by atoms with Crippen LogP contribution in [-0.4, -0.2) is 4.98 Å². The second-order valence-corrected chi connectivity index (χ2v) is 3.64. The standard InChI is InChI=1S/C14H12FN/c1-3-11-5-7-14(16-9-11)12-6-4-10(2)13(15)8-12/h3-9H,1H2,2H3. The number of hydrogen-bond donors (Lipinski definition) is 0. The number of hydrogen-bond acceptors (Lipinski definition) is 1. The van der Waals surface area contributed by atoms with E-state index in [1.165, 1.54) is 6.07 Å². The first kappa shape index (κ1) is 10.6. The molecule has 0 aliphatic rings. The van der Waals surface area contributed by atoms with E-state index in [9.17, 15) is 4.39 Å². The van der Waals surface area contributed by atoms with Gasteiger partial charge in [0.1, 0.15) is 5.82 Å². The molecule has 0 spiro atoms. The smallest absolute Gasteiger partial charge is 0.126 e. The number of pyridine rings is 1. The highest BCUT2D eigenvalue weighted by Crippen LogP contribution is 2.20. The molecule has 0 bridgehead atoms. The van der Waals surface area contributed by atoms with Crippen LogP contribution in [0.15, 0.2) is 43.1 Å². The summed E-state index contributed by atoms with van der Waals surface area (Å²) in [6, 6.07) is 8.90. The summed E-state index contributed by atoms with van der Waals surface area (Å²) in [5.41, 5.74) is 3.16. The van der Waals surface area contributed by atoms with E-state index in [-0.39, 0.29) is 5.82 Å². The zero-order valence-electron chi connectivity index (χ0n) is 9.07. The number of aryl methyl sites for hydroxylation is 1. The molecule has 2 rings (SSSR count). The maximum absolute atomic E-state index is 13.4. The molecule has 1 aromatic carbocycles. The van der Waals surface area contributed by atoms with Crippen molar-refractivity contribution in [3.8, 4) is 11.3 Å². The molecule has 0 atom stereocenters. The predicted octanol–water partition coefficient (Wildman–Crippen LogP) is 3.84. The third-order valence-corrected chi connectivity index (χ3v) is 2.49. The monoisotopic (exact) mass is 213 g/mol. The molecule has 0 N–H and O–H groups in total. The summed E-state index contributed by atoms with van der Waals surface area (Å²) in [6.07, 6.45) is 3.45. The van der Waals surface area contributed by atoms with Gasteiger partial charge in [-0.2, -0.15) is 0 Å². The van der Waals surface area contributed by atoms with E-state index in [0.717, 1.165) is 16.8 Å². The van der Waals surface area contributed by atoms with Crippen molar-refractivity contribution in [2.24, 2.45) is 0 Å². The van der Waals surface area contributed by atoms with Crippen LogP contribution in [0, 0.1) is 12.7 Å². The average Bonchev–Trinajstić information content (AvgIpc) is 2.33. The van der Waals surface area contributed by atoms with E-state index in [1.54, 1.807) is 25.3 Å². The minimum atomic E-state index is -0.202. The minimum absolute atomic E-state index is 0.202. The van der Waals surface area contributed by atoms with Crippen LogP contribution in [0.3, 0.4) is 0 Å². The van der Waals surface area contributed by atoms with Crippen molar-refractivity contribution in [1.82, 2.24) is 4.98 Å². The molecular weight excluding hydrogens is 201 g/mol. The van der Waals surface area contributed by atoms with Gasteiger partial charge in [0, 0.05) is 11.8 Å². The van der Waals surface area contributed by atoms with Crippen molar-refractivity contribution < 1.29 is 4.39 Å². The van der Waals surface area contributed by atoms with E-state index in [4.69, 9.17) is 0 Å². The normalized spacial score (nSPS) is 10.1. The molecule has 0 aliphatic carbocycles. The number of benzene rings is 1. The van der Waals surface area contributed by atoms with Crippen molar-refractivity contribution in [3.05, 3.63) is 60.1 Å². The van der Waals surface area contributed by atoms with Gasteiger partial charge in [0.05, 0.1) is 5.69 Å². The summed E-state index contributed by atoms with van der Waals surface area (Å²) in [5.74, 6) is -0.202. The van der Waals surface area contributed by atoms with Crippen LogP contribution < -0.4 is 0 Å². The van der Waals surface area contributed by atoms with E-state index >= 15 is 0 Å². The molecule has 0 saturated carbocycles. The largest absolute Gasteiger partial charge is 0.256 e. The van der Waals surface area contributed by atoms with Crippen LogP contribution in [0.5, 0.6) is 0 Å². The molecule has 1 nitrogen and oxygen atoms in total. The Balaban J connectivity index is 2.42. The lowest BCUT2D eigenvalue weighted by atomic mass is 10.1. The van der Waals surface area contributed by atoms with Crippen LogP contribution in [0.1, 0.15) is 11.1 Å². The predicted molar refractivity (Wildman–Crippen MR) is 64.5 cm³/mol. The van der Waals surface area contributed by atoms with E-state index in [0.29, 0.717) is 5.56 Å². The fraction of sp³-hybridized carbons (Fsp3) is 0.0714. The van der Waals surface area contributed by atoms with Gasteiger partial charge >= 0.3 is 0 Å². The van der Waals surface area contributed by atoms with Gasteiger partial charge in [-0.25, -0.2) is 4.39 Å². The topological polar surface area (TPSA) is 12.9 Å². The van der Waals surface area contributed by atoms with Gasteiger partial charge in [-0.05, 0) is 30.2 Å². The first-order valence-electron chi connectivity index (χ1n) is 5.06. The van der Waals surface area contributed by atoms with Gasteiger partial charge in [0.25, 0.3) is 0 Å². The van der Waals surface area contributed by atoms with Crippen molar-refractivity contribution in [3.63, 3.8) is 0 Å². The molecule has 2 heteroatoms. The number of rotatable bonds is 2. The van der Waals surface area contributed by atoms with Gasteiger partial charge in [0.2, 0.25) is 0 Å². The highest BCUT2D eigenvalue weighted by atomic mass is 19.1. The number of halogens is 1. The molecule has 80 valence electrons. The molecule has 16 heavy (non-hydrogen) atoms. The summed E-state index contributed by atoms with van der Waals surface area (Å²) in [5, 5.41) is 0. The highest BCUT2D eigenvalue weighted by Gasteiger charge is 2.02. The van der Waals surface area contributed by atoms with Gasteiger partial charge in [-0.3, -0.25) is 4.98 Å². The fourth-order valence-corrected chi connectivity index (χ4v) is 1.45. The zero-order chi connectivity index (χ0) is 11.5. The lowest BCUT2D eigenvalue weighted by molar-refractivity contribution is 0.619. The Morgan fingerprint density at radius 3 is 2.62 bits per heavy atom. The maximum Gasteiger partial charge on any atom is 0.126 e. The fourth-order valence-electron chi connectivity index (χ4n) is 1.45. The first-order chi connectivity index (χ1) is 7.70. The van der Waals surface area contributed by atoms with Crippen LogP contribution in [0.4, 0.5) is 4.39 Å². The first-order valence-corrected chi connectivity index (χ1v) is 5.06. The Morgan fingerprint density at radius 2 is 2.06 bits per heavy atom. The molecule has 0 aliphatic heterocycles. The highest BCUT2D eigenvalue weighted by molar-refractivity contribution is 5.61. The van der Waals surface area contributed by atoms with E-state index in [2.05, 4.69) is 11.6 Å². The van der Waals surface area contributed by atoms with Crippen LogP contribution in [0.25, 0.3) is 17.3 Å². The van der Waals surface area contributed by atoms with Crippen molar-refractivity contribution in [2.45, 2.75) is 6.92 Å². The third-order valence-electron chi connectivity index (χ3n) is 2.49. The summed E-state index contributed by atoms with van der Waals surface area (Å²) in [6.45, 7) is 5.40. The Morgan fingerprint density at radius 1 is 1.25 bits per heavy atom. The third kappa shape index (κ3) is 2.01. The van der Waals surface area contributed by atoms with Crippen molar-refractivity contribution >= 4 is 6.08 Å². The summed E-state index contributed by atoms with van der Waals surface area (Å²) >= 11 is 0. The SMILES string of the molecule is C=Cc1ccc(-c2ccc(C)c(F)c2)nc1. The second kappa shape index (κ2) is 4.27. The Hall–Kier alpha value is -1.96. The Bertz CT molecular complexity index is 515. The van der Waals surface area contributed by atoms with E-state index < -0.39 is 0 Å². The Kier molecular flexibility index (Phi) is 2.82. The van der Waals surface area contributed by atoms with Crippen molar-refractivity contribution in [1.29, 1.82) is 0 Å². The lowest BCUT2D eigenvalue weighted by Gasteiger charge is -2.03. The molecule has 1 aromatic heterocycles. The molecule has 0 unspecified atom stereocenters. The van der Waals surface area contributed by atoms with Gasteiger partial charge in [-0.1, -0.05) is 30.9 Å². The summed E-state index contributed by atoms with van der Waals surface area (Å²) < 4.78 is 13.4. The van der Waals surface area contributed by atoms with Crippen molar-refractivity contribution in [2.75, 3.05) is 0 Å².